The second-order valence-corrected chi connectivity index (χ2v) is 6.25. The lowest BCUT2D eigenvalue weighted by atomic mass is 10.0. The summed E-state index contributed by atoms with van der Waals surface area (Å²) in [6.45, 7) is 0.348. The van der Waals surface area contributed by atoms with Crippen molar-refractivity contribution in [2.24, 2.45) is 0 Å². The van der Waals surface area contributed by atoms with Crippen molar-refractivity contribution in [1.82, 2.24) is 5.32 Å². The van der Waals surface area contributed by atoms with E-state index in [9.17, 15) is 9.50 Å². The average molecular weight is 331 g/mol. The standard InChI is InChI=1S/C18H18FNO2S/c1-20-11-15(21)18(12-4-2-5-13(19)10-12)22-16-6-3-7-17-14(16)8-9-23-17/h2-10,15,18,20-21H,11H2,1H3/t15-,18+/m1/s1. The third-order valence-corrected chi connectivity index (χ3v) is 4.53. The molecule has 0 saturated carbocycles. The van der Waals surface area contributed by atoms with Gasteiger partial charge in [0.2, 0.25) is 0 Å². The van der Waals surface area contributed by atoms with Gasteiger partial charge in [-0.2, -0.15) is 0 Å². The summed E-state index contributed by atoms with van der Waals surface area (Å²) in [6, 6.07) is 14.0. The van der Waals surface area contributed by atoms with Crippen LogP contribution in [0.3, 0.4) is 0 Å². The van der Waals surface area contributed by atoms with Crippen molar-refractivity contribution in [1.29, 1.82) is 0 Å². The molecule has 1 heterocycles. The Morgan fingerprint density at radius 2 is 2.04 bits per heavy atom. The van der Waals surface area contributed by atoms with E-state index in [-0.39, 0.29) is 5.82 Å². The summed E-state index contributed by atoms with van der Waals surface area (Å²) < 4.78 is 20.8. The molecule has 2 atom stereocenters. The first-order chi connectivity index (χ1) is 11.2. The van der Waals surface area contributed by atoms with Crippen LogP contribution in [0.1, 0.15) is 11.7 Å². The smallest absolute Gasteiger partial charge is 0.151 e. The van der Waals surface area contributed by atoms with Gasteiger partial charge in [0.1, 0.15) is 17.7 Å². The molecule has 0 aliphatic carbocycles. The van der Waals surface area contributed by atoms with E-state index in [0.717, 1.165) is 10.1 Å². The molecule has 2 aromatic carbocycles. The molecule has 0 radical (unpaired) electrons. The molecule has 120 valence electrons. The second kappa shape index (κ2) is 7.08. The lowest BCUT2D eigenvalue weighted by Crippen LogP contribution is -2.32. The van der Waals surface area contributed by atoms with E-state index in [1.54, 1.807) is 30.5 Å². The summed E-state index contributed by atoms with van der Waals surface area (Å²) in [5, 5.41) is 16.4. The third-order valence-electron chi connectivity index (χ3n) is 3.65. The largest absolute Gasteiger partial charge is 0.482 e. The number of fused-ring (bicyclic) bond motifs is 1. The van der Waals surface area contributed by atoms with Crippen LogP contribution in [-0.2, 0) is 0 Å². The van der Waals surface area contributed by atoms with Crippen LogP contribution in [0.5, 0.6) is 5.75 Å². The first-order valence-corrected chi connectivity index (χ1v) is 8.28. The molecule has 0 fully saturated rings. The number of nitrogens with one attached hydrogen (secondary N) is 1. The van der Waals surface area contributed by atoms with Gasteiger partial charge < -0.3 is 15.2 Å². The minimum atomic E-state index is -0.796. The van der Waals surface area contributed by atoms with Crippen LogP contribution in [-0.4, -0.2) is 24.8 Å². The number of hydrogen-bond donors (Lipinski definition) is 2. The molecule has 0 unspecified atom stereocenters. The molecule has 5 heteroatoms. The Balaban J connectivity index is 1.97. The predicted octanol–water partition coefficient (Wildman–Crippen LogP) is 3.74. The molecular formula is C18H18FNO2S. The number of thiophene rings is 1. The van der Waals surface area contributed by atoms with Crippen LogP contribution < -0.4 is 10.1 Å². The summed E-state index contributed by atoms with van der Waals surface area (Å²) in [5.74, 6) is 0.342. The van der Waals surface area contributed by atoms with Crippen molar-refractivity contribution in [2.75, 3.05) is 13.6 Å². The molecule has 1 aromatic heterocycles. The van der Waals surface area contributed by atoms with E-state index in [0.29, 0.717) is 17.9 Å². The Morgan fingerprint density at radius 3 is 2.83 bits per heavy atom. The minimum absolute atomic E-state index is 0.346. The lowest BCUT2D eigenvalue weighted by Gasteiger charge is -2.25. The zero-order valence-corrected chi connectivity index (χ0v) is 13.5. The monoisotopic (exact) mass is 331 g/mol. The summed E-state index contributed by atoms with van der Waals surface area (Å²) in [7, 11) is 1.76. The molecule has 3 aromatic rings. The van der Waals surface area contributed by atoms with Gasteiger partial charge in [0, 0.05) is 16.6 Å². The molecule has 0 amide bonds. The Labute approximate surface area is 138 Å². The molecule has 0 spiro atoms. The molecule has 2 N–H and O–H groups in total. The normalized spacial score (nSPS) is 13.9. The highest BCUT2D eigenvalue weighted by Crippen LogP contribution is 2.33. The SMILES string of the molecule is CNC[C@@H](O)[C@@H](Oc1cccc2sccc12)c1cccc(F)c1. The van der Waals surface area contributed by atoms with Crippen LogP contribution in [0.25, 0.3) is 10.1 Å². The van der Waals surface area contributed by atoms with Crippen LogP contribution >= 0.6 is 11.3 Å². The fourth-order valence-corrected chi connectivity index (χ4v) is 3.38. The highest BCUT2D eigenvalue weighted by molar-refractivity contribution is 7.17. The Morgan fingerprint density at radius 1 is 1.22 bits per heavy atom. The molecule has 3 rings (SSSR count). The zero-order valence-electron chi connectivity index (χ0n) is 12.7. The van der Waals surface area contributed by atoms with Crippen molar-refractivity contribution >= 4 is 21.4 Å². The molecule has 0 saturated heterocycles. The average Bonchev–Trinajstić information content (AvgIpc) is 3.02. The molecule has 0 bridgehead atoms. The molecule has 23 heavy (non-hydrogen) atoms. The first-order valence-electron chi connectivity index (χ1n) is 7.40. The van der Waals surface area contributed by atoms with Crippen LogP contribution in [0, 0.1) is 5.82 Å². The van der Waals surface area contributed by atoms with E-state index in [1.165, 1.54) is 12.1 Å². The third kappa shape index (κ3) is 3.52. The van der Waals surface area contributed by atoms with E-state index in [2.05, 4.69) is 5.32 Å². The van der Waals surface area contributed by atoms with Crippen molar-refractivity contribution in [3.05, 3.63) is 65.3 Å². The van der Waals surface area contributed by atoms with E-state index >= 15 is 0 Å². The minimum Gasteiger partial charge on any atom is -0.482 e. The van der Waals surface area contributed by atoms with Gasteiger partial charge in [-0.3, -0.25) is 0 Å². The Kier molecular flexibility index (Phi) is 4.91. The van der Waals surface area contributed by atoms with Crippen LogP contribution in [0.2, 0.25) is 0 Å². The number of ether oxygens (including phenoxy) is 1. The molecule has 0 aliphatic heterocycles. The Hall–Kier alpha value is -1.95. The number of benzene rings is 2. The first kappa shape index (κ1) is 15.9. The van der Waals surface area contributed by atoms with Crippen molar-refractivity contribution in [2.45, 2.75) is 12.2 Å². The highest BCUT2D eigenvalue weighted by Gasteiger charge is 2.24. The van der Waals surface area contributed by atoms with E-state index < -0.39 is 12.2 Å². The van der Waals surface area contributed by atoms with Gasteiger partial charge >= 0.3 is 0 Å². The number of halogens is 1. The highest BCUT2D eigenvalue weighted by atomic mass is 32.1. The van der Waals surface area contributed by atoms with Crippen LogP contribution in [0.4, 0.5) is 4.39 Å². The molecule has 3 nitrogen and oxygen atoms in total. The summed E-state index contributed by atoms with van der Waals surface area (Å²) in [4.78, 5) is 0. The number of aliphatic hydroxyl groups is 1. The lowest BCUT2D eigenvalue weighted by molar-refractivity contribution is 0.0377. The van der Waals surface area contributed by atoms with E-state index in [4.69, 9.17) is 4.74 Å². The zero-order chi connectivity index (χ0) is 16.2. The topological polar surface area (TPSA) is 41.5 Å². The maximum atomic E-state index is 13.6. The molecular weight excluding hydrogens is 313 g/mol. The van der Waals surface area contributed by atoms with Gasteiger partial charge in [0.15, 0.2) is 6.10 Å². The summed E-state index contributed by atoms with van der Waals surface area (Å²) >= 11 is 1.63. The second-order valence-electron chi connectivity index (χ2n) is 5.31. The van der Waals surface area contributed by atoms with Gasteiger partial charge in [-0.25, -0.2) is 4.39 Å². The number of rotatable bonds is 6. The van der Waals surface area contributed by atoms with Gasteiger partial charge in [-0.05, 0) is 48.3 Å². The van der Waals surface area contributed by atoms with Gasteiger partial charge in [0.05, 0.1) is 0 Å². The van der Waals surface area contributed by atoms with Crippen molar-refractivity contribution < 1.29 is 14.2 Å². The number of likely N-dealkylation sites (N-methyl/N-ethyl adjacent to an activating group) is 1. The van der Waals surface area contributed by atoms with Gasteiger partial charge in [-0.1, -0.05) is 18.2 Å². The summed E-state index contributed by atoms with van der Waals surface area (Å²) in [5.41, 5.74) is 0.611. The van der Waals surface area contributed by atoms with Crippen molar-refractivity contribution in [3.8, 4) is 5.75 Å². The maximum absolute atomic E-state index is 13.6. The fraction of sp³-hybridized carbons (Fsp3) is 0.222. The Bertz CT molecular complexity index is 789. The maximum Gasteiger partial charge on any atom is 0.151 e. The van der Waals surface area contributed by atoms with Gasteiger partial charge in [-0.15, -0.1) is 11.3 Å². The molecule has 0 aliphatic rings. The quantitative estimate of drug-likeness (QED) is 0.723. The van der Waals surface area contributed by atoms with Gasteiger partial charge in [0.25, 0.3) is 0 Å². The number of aliphatic hydroxyl groups excluding tert-OH is 1. The van der Waals surface area contributed by atoms with Crippen LogP contribution in [0.15, 0.2) is 53.9 Å². The van der Waals surface area contributed by atoms with E-state index in [1.807, 2.05) is 29.6 Å². The summed E-state index contributed by atoms with van der Waals surface area (Å²) in [6.07, 6.45) is -1.45. The van der Waals surface area contributed by atoms with Crippen molar-refractivity contribution in [3.63, 3.8) is 0 Å². The fourth-order valence-electron chi connectivity index (χ4n) is 2.57. The predicted molar refractivity (Wildman–Crippen MR) is 91.5 cm³/mol. The number of hydrogen-bond acceptors (Lipinski definition) is 4.